The van der Waals surface area contributed by atoms with Gasteiger partial charge in [-0.05, 0) is 31.2 Å². The summed E-state index contributed by atoms with van der Waals surface area (Å²) in [5, 5.41) is 0. The topological polar surface area (TPSA) is 24.9 Å². The second kappa shape index (κ2) is 8.54. The van der Waals surface area contributed by atoms with Crippen molar-refractivity contribution in [1.29, 1.82) is 0 Å². The minimum atomic E-state index is 0.849. The number of rotatable bonds is 6. The fourth-order valence-electron chi connectivity index (χ4n) is 3.74. The van der Waals surface area contributed by atoms with Crippen LogP contribution in [-0.4, -0.2) is 56.7 Å². The molecule has 0 aromatic heterocycles. The summed E-state index contributed by atoms with van der Waals surface area (Å²) in [5.41, 5.74) is 1.24. The van der Waals surface area contributed by atoms with E-state index in [1.165, 1.54) is 44.5 Å². The van der Waals surface area contributed by atoms with Gasteiger partial charge in [0.1, 0.15) is 11.5 Å². The number of piperazine rings is 1. The molecule has 0 saturated carbocycles. The van der Waals surface area contributed by atoms with E-state index in [0.717, 1.165) is 37.1 Å². The van der Waals surface area contributed by atoms with Crippen LogP contribution in [0, 0.1) is 5.92 Å². The van der Waals surface area contributed by atoms with Crippen LogP contribution < -0.4 is 9.47 Å². The summed E-state index contributed by atoms with van der Waals surface area (Å²) in [7, 11) is 3.42. The molecular weight excluding hydrogens is 300 g/mol. The zero-order chi connectivity index (χ0) is 16.8. The van der Waals surface area contributed by atoms with Crippen molar-refractivity contribution in [2.45, 2.75) is 25.8 Å². The maximum Gasteiger partial charge on any atom is 0.127 e. The van der Waals surface area contributed by atoms with E-state index in [9.17, 15) is 0 Å². The third-order valence-electron chi connectivity index (χ3n) is 5.25. The van der Waals surface area contributed by atoms with Crippen molar-refractivity contribution >= 4 is 0 Å². The minimum absolute atomic E-state index is 0.849. The first kappa shape index (κ1) is 17.3. The zero-order valence-corrected chi connectivity index (χ0v) is 15.0. The third kappa shape index (κ3) is 4.52. The Balaban J connectivity index is 1.49. The van der Waals surface area contributed by atoms with Gasteiger partial charge in [-0.1, -0.05) is 18.2 Å². The lowest BCUT2D eigenvalue weighted by Gasteiger charge is -2.37. The Bertz CT molecular complexity index is 551. The number of hydrogen-bond acceptors (Lipinski definition) is 4. The van der Waals surface area contributed by atoms with E-state index in [4.69, 9.17) is 9.47 Å². The van der Waals surface area contributed by atoms with Crippen molar-refractivity contribution in [2.75, 3.05) is 46.9 Å². The molecule has 1 saturated heterocycles. The largest absolute Gasteiger partial charge is 0.497 e. The summed E-state index contributed by atoms with van der Waals surface area (Å²) in [6, 6.07) is 6.12. The van der Waals surface area contributed by atoms with Crippen molar-refractivity contribution in [3.8, 4) is 11.5 Å². The standard InChI is InChI=1S/C20H30N2O2/c1-23-19-9-8-18(20(14-19)24-2)16-22-12-10-21(11-13-22)15-17-6-4-3-5-7-17/h3-4,8-9,14,17H,5-7,10-13,15-16H2,1-2H3/t17-/m0/s1. The van der Waals surface area contributed by atoms with Gasteiger partial charge in [-0.2, -0.15) is 0 Å². The summed E-state index contributed by atoms with van der Waals surface area (Å²) in [6.45, 7) is 6.85. The highest BCUT2D eigenvalue weighted by Gasteiger charge is 2.21. The third-order valence-corrected chi connectivity index (χ3v) is 5.25. The van der Waals surface area contributed by atoms with Gasteiger partial charge in [0, 0.05) is 50.9 Å². The quantitative estimate of drug-likeness (QED) is 0.748. The van der Waals surface area contributed by atoms with E-state index in [0.29, 0.717) is 0 Å². The van der Waals surface area contributed by atoms with Crippen molar-refractivity contribution in [3.63, 3.8) is 0 Å². The molecule has 1 aliphatic heterocycles. The van der Waals surface area contributed by atoms with Gasteiger partial charge in [-0.3, -0.25) is 4.90 Å². The van der Waals surface area contributed by atoms with Crippen molar-refractivity contribution in [2.24, 2.45) is 5.92 Å². The van der Waals surface area contributed by atoms with Gasteiger partial charge in [0.15, 0.2) is 0 Å². The number of hydrogen-bond donors (Lipinski definition) is 0. The molecule has 4 heteroatoms. The minimum Gasteiger partial charge on any atom is -0.497 e. The average Bonchev–Trinajstić information content (AvgIpc) is 2.64. The number of allylic oxidation sites excluding steroid dienone is 2. The van der Waals surface area contributed by atoms with Crippen LogP contribution in [0.25, 0.3) is 0 Å². The second-order valence-electron chi connectivity index (χ2n) is 6.91. The van der Waals surface area contributed by atoms with Crippen molar-refractivity contribution in [3.05, 3.63) is 35.9 Å². The smallest absolute Gasteiger partial charge is 0.127 e. The van der Waals surface area contributed by atoms with Gasteiger partial charge in [0.25, 0.3) is 0 Å². The number of methoxy groups -OCH3 is 2. The Morgan fingerprint density at radius 3 is 2.46 bits per heavy atom. The van der Waals surface area contributed by atoms with Crippen LogP contribution in [0.3, 0.4) is 0 Å². The molecule has 0 amide bonds. The highest BCUT2D eigenvalue weighted by molar-refractivity contribution is 5.40. The van der Waals surface area contributed by atoms with Crippen molar-refractivity contribution in [1.82, 2.24) is 9.80 Å². The lowest BCUT2D eigenvalue weighted by molar-refractivity contribution is 0.110. The van der Waals surface area contributed by atoms with Crippen LogP contribution in [0.2, 0.25) is 0 Å². The van der Waals surface area contributed by atoms with Crippen LogP contribution in [0.5, 0.6) is 11.5 Å². The molecule has 1 aromatic carbocycles. The Morgan fingerprint density at radius 2 is 1.79 bits per heavy atom. The lowest BCUT2D eigenvalue weighted by atomic mass is 9.94. The van der Waals surface area contributed by atoms with Gasteiger partial charge in [-0.15, -0.1) is 0 Å². The maximum atomic E-state index is 5.53. The molecular formula is C20H30N2O2. The maximum absolute atomic E-state index is 5.53. The molecule has 0 spiro atoms. The summed E-state index contributed by atoms with van der Waals surface area (Å²) in [6.07, 6.45) is 8.59. The first-order valence-electron chi connectivity index (χ1n) is 9.09. The van der Waals surface area contributed by atoms with Gasteiger partial charge >= 0.3 is 0 Å². The fraction of sp³-hybridized carbons (Fsp3) is 0.600. The van der Waals surface area contributed by atoms with E-state index in [-0.39, 0.29) is 0 Å². The first-order valence-corrected chi connectivity index (χ1v) is 9.09. The summed E-state index contributed by atoms with van der Waals surface area (Å²) >= 11 is 0. The predicted octanol–water partition coefficient (Wildman–Crippen LogP) is 3.18. The van der Waals surface area contributed by atoms with Gasteiger partial charge in [0.05, 0.1) is 14.2 Å². The van der Waals surface area contributed by atoms with E-state index >= 15 is 0 Å². The molecule has 1 atom stereocenters. The van der Waals surface area contributed by atoms with Gasteiger partial charge in [-0.25, -0.2) is 0 Å². The molecule has 24 heavy (non-hydrogen) atoms. The first-order chi connectivity index (χ1) is 11.8. The van der Waals surface area contributed by atoms with Crippen LogP contribution >= 0.6 is 0 Å². The molecule has 2 aliphatic rings. The average molecular weight is 330 g/mol. The molecule has 1 aromatic rings. The van der Waals surface area contributed by atoms with Crippen LogP contribution in [0.4, 0.5) is 0 Å². The van der Waals surface area contributed by atoms with Crippen LogP contribution in [0.15, 0.2) is 30.4 Å². The molecule has 0 unspecified atom stereocenters. The summed E-state index contributed by atoms with van der Waals surface area (Å²) in [4.78, 5) is 5.17. The predicted molar refractivity (Wildman–Crippen MR) is 97.7 cm³/mol. The number of ether oxygens (including phenoxy) is 2. The van der Waals surface area contributed by atoms with Crippen LogP contribution in [0.1, 0.15) is 24.8 Å². The lowest BCUT2D eigenvalue weighted by Crippen LogP contribution is -2.47. The molecule has 1 aliphatic carbocycles. The Hall–Kier alpha value is -1.52. The normalized spacial score (nSPS) is 22.5. The molecule has 1 heterocycles. The second-order valence-corrected chi connectivity index (χ2v) is 6.91. The monoisotopic (exact) mass is 330 g/mol. The van der Waals surface area contributed by atoms with E-state index in [2.05, 4.69) is 28.0 Å². The zero-order valence-electron chi connectivity index (χ0n) is 15.0. The number of nitrogens with zero attached hydrogens (tertiary/aromatic N) is 2. The Morgan fingerprint density at radius 1 is 1.00 bits per heavy atom. The molecule has 1 fully saturated rings. The Kier molecular flexibility index (Phi) is 6.16. The summed E-state index contributed by atoms with van der Waals surface area (Å²) < 4.78 is 10.8. The highest BCUT2D eigenvalue weighted by Crippen LogP contribution is 2.26. The SMILES string of the molecule is COc1ccc(CN2CCN(C[C@H]3CC=CCC3)CC2)c(OC)c1. The Labute approximate surface area is 146 Å². The molecule has 132 valence electrons. The van der Waals surface area contributed by atoms with Gasteiger partial charge < -0.3 is 14.4 Å². The molecule has 4 nitrogen and oxygen atoms in total. The van der Waals surface area contributed by atoms with Gasteiger partial charge in [0.2, 0.25) is 0 Å². The fourth-order valence-corrected chi connectivity index (χ4v) is 3.74. The van der Waals surface area contributed by atoms with Crippen molar-refractivity contribution < 1.29 is 9.47 Å². The van der Waals surface area contributed by atoms with E-state index < -0.39 is 0 Å². The summed E-state index contributed by atoms with van der Waals surface area (Å²) in [5.74, 6) is 2.64. The molecule has 0 radical (unpaired) electrons. The molecule has 0 bridgehead atoms. The van der Waals surface area contributed by atoms with Crippen LogP contribution in [-0.2, 0) is 6.54 Å². The highest BCUT2D eigenvalue weighted by atomic mass is 16.5. The van der Waals surface area contributed by atoms with E-state index in [1.54, 1.807) is 14.2 Å². The molecule has 3 rings (SSSR count). The number of benzene rings is 1. The molecule has 0 N–H and O–H groups in total. The van der Waals surface area contributed by atoms with E-state index in [1.807, 2.05) is 12.1 Å².